The first-order chi connectivity index (χ1) is 10.2. The lowest BCUT2D eigenvalue weighted by Crippen LogP contribution is -2.02. The van der Waals surface area contributed by atoms with Crippen LogP contribution >= 0.6 is 0 Å². The first-order valence-electron chi connectivity index (χ1n) is 6.58. The second-order valence-electron chi connectivity index (χ2n) is 4.85. The van der Waals surface area contributed by atoms with Crippen LogP contribution in [0.5, 0.6) is 0 Å². The number of halogens is 1. The average molecular weight is 280 g/mol. The average Bonchev–Trinajstić information content (AvgIpc) is 2.92. The zero-order valence-electron chi connectivity index (χ0n) is 11.5. The van der Waals surface area contributed by atoms with Crippen molar-refractivity contribution < 1.29 is 8.81 Å². The highest BCUT2D eigenvalue weighted by Gasteiger charge is 2.09. The van der Waals surface area contributed by atoms with Crippen LogP contribution in [0.4, 0.5) is 10.1 Å². The number of anilines is 1. The van der Waals surface area contributed by atoms with E-state index in [4.69, 9.17) is 9.68 Å². The quantitative estimate of drug-likeness (QED) is 0.775. The van der Waals surface area contributed by atoms with E-state index in [9.17, 15) is 4.39 Å². The van der Waals surface area contributed by atoms with Crippen molar-refractivity contribution in [2.24, 2.45) is 0 Å². The van der Waals surface area contributed by atoms with Crippen LogP contribution in [0.15, 0.2) is 47.1 Å². The molecule has 0 aliphatic rings. The van der Waals surface area contributed by atoms with Crippen molar-refractivity contribution in [3.63, 3.8) is 0 Å². The molecule has 0 radical (unpaired) electrons. The SMILES string of the molecule is Cc1c(F)cc(C#N)cc1NCc1coc2ccccc12. The van der Waals surface area contributed by atoms with Crippen LogP contribution < -0.4 is 5.32 Å². The fourth-order valence-electron chi connectivity index (χ4n) is 2.29. The lowest BCUT2D eigenvalue weighted by molar-refractivity contribution is 0.611. The van der Waals surface area contributed by atoms with Crippen LogP contribution in [0.2, 0.25) is 0 Å². The molecule has 0 atom stereocenters. The van der Waals surface area contributed by atoms with Gasteiger partial charge in [-0.3, -0.25) is 0 Å². The maximum atomic E-state index is 13.7. The predicted molar refractivity (Wildman–Crippen MR) is 79.4 cm³/mol. The van der Waals surface area contributed by atoms with Gasteiger partial charge in [0.2, 0.25) is 0 Å². The number of para-hydroxylation sites is 1. The van der Waals surface area contributed by atoms with E-state index >= 15 is 0 Å². The number of hydrogen-bond acceptors (Lipinski definition) is 3. The standard InChI is InChI=1S/C17H13FN2O/c1-11-15(18)6-12(8-19)7-16(11)20-9-13-10-21-17-5-3-2-4-14(13)17/h2-7,10,20H,9H2,1H3. The summed E-state index contributed by atoms with van der Waals surface area (Å²) in [5.41, 5.74) is 3.24. The summed E-state index contributed by atoms with van der Waals surface area (Å²) < 4.78 is 19.2. The van der Waals surface area contributed by atoms with Gasteiger partial charge in [-0.15, -0.1) is 0 Å². The second kappa shape index (κ2) is 5.29. The Bertz CT molecular complexity index is 846. The monoisotopic (exact) mass is 280 g/mol. The molecule has 0 bridgehead atoms. The van der Waals surface area contributed by atoms with Gasteiger partial charge in [-0.1, -0.05) is 18.2 Å². The Balaban J connectivity index is 1.88. The summed E-state index contributed by atoms with van der Waals surface area (Å²) in [4.78, 5) is 0. The van der Waals surface area contributed by atoms with Gasteiger partial charge in [0.15, 0.2) is 0 Å². The smallest absolute Gasteiger partial charge is 0.134 e. The van der Waals surface area contributed by atoms with Gasteiger partial charge < -0.3 is 9.73 Å². The van der Waals surface area contributed by atoms with E-state index in [1.807, 2.05) is 30.3 Å². The number of hydrogen-bond donors (Lipinski definition) is 1. The van der Waals surface area contributed by atoms with Gasteiger partial charge in [0, 0.05) is 28.7 Å². The molecule has 0 aliphatic heterocycles. The van der Waals surface area contributed by atoms with E-state index in [2.05, 4.69) is 5.32 Å². The highest BCUT2D eigenvalue weighted by Crippen LogP contribution is 2.24. The zero-order chi connectivity index (χ0) is 14.8. The molecule has 3 nitrogen and oxygen atoms in total. The highest BCUT2D eigenvalue weighted by molar-refractivity contribution is 5.81. The molecule has 0 aliphatic carbocycles. The fourth-order valence-corrected chi connectivity index (χ4v) is 2.29. The number of rotatable bonds is 3. The Labute approximate surface area is 121 Å². The normalized spacial score (nSPS) is 10.5. The first kappa shape index (κ1) is 13.2. The van der Waals surface area contributed by atoms with Gasteiger partial charge in [0.05, 0.1) is 17.9 Å². The van der Waals surface area contributed by atoms with Crippen LogP contribution in [0.3, 0.4) is 0 Å². The number of fused-ring (bicyclic) bond motifs is 1. The minimum Gasteiger partial charge on any atom is -0.464 e. The Morgan fingerprint density at radius 1 is 1.29 bits per heavy atom. The number of benzene rings is 2. The van der Waals surface area contributed by atoms with Gasteiger partial charge in [0.1, 0.15) is 11.4 Å². The van der Waals surface area contributed by atoms with Crippen LogP contribution in [0.1, 0.15) is 16.7 Å². The Hall–Kier alpha value is -2.80. The molecule has 1 N–H and O–H groups in total. The lowest BCUT2D eigenvalue weighted by Gasteiger charge is -2.10. The van der Waals surface area contributed by atoms with E-state index < -0.39 is 0 Å². The minimum absolute atomic E-state index is 0.303. The molecule has 0 saturated heterocycles. The third-order valence-corrected chi connectivity index (χ3v) is 3.50. The molecule has 0 spiro atoms. The van der Waals surface area contributed by atoms with E-state index in [1.54, 1.807) is 19.3 Å². The van der Waals surface area contributed by atoms with Crippen molar-refractivity contribution in [3.05, 3.63) is 65.2 Å². The van der Waals surface area contributed by atoms with Crippen molar-refractivity contribution in [3.8, 4) is 6.07 Å². The highest BCUT2D eigenvalue weighted by atomic mass is 19.1. The van der Waals surface area contributed by atoms with Crippen molar-refractivity contribution in [2.75, 3.05) is 5.32 Å². The van der Waals surface area contributed by atoms with Gasteiger partial charge >= 0.3 is 0 Å². The molecule has 3 aromatic rings. The van der Waals surface area contributed by atoms with Crippen LogP contribution in [0, 0.1) is 24.1 Å². The summed E-state index contributed by atoms with van der Waals surface area (Å²) in [6.45, 7) is 2.19. The number of nitriles is 1. The molecule has 1 aromatic heterocycles. The Kier molecular flexibility index (Phi) is 3.33. The topological polar surface area (TPSA) is 49.0 Å². The van der Waals surface area contributed by atoms with Crippen molar-refractivity contribution in [1.82, 2.24) is 0 Å². The van der Waals surface area contributed by atoms with Crippen molar-refractivity contribution in [1.29, 1.82) is 5.26 Å². The summed E-state index contributed by atoms with van der Waals surface area (Å²) in [6.07, 6.45) is 1.69. The summed E-state index contributed by atoms with van der Waals surface area (Å²) in [7, 11) is 0. The number of nitrogens with one attached hydrogen (secondary N) is 1. The van der Waals surface area contributed by atoms with Crippen molar-refractivity contribution in [2.45, 2.75) is 13.5 Å². The summed E-state index contributed by atoms with van der Waals surface area (Å²) in [5.74, 6) is -0.381. The van der Waals surface area contributed by atoms with E-state index in [0.29, 0.717) is 23.4 Å². The van der Waals surface area contributed by atoms with Crippen LogP contribution in [-0.4, -0.2) is 0 Å². The third-order valence-electron chi connectivity index (χ3n) is 3.50. The summed E-state index contributed by atoms with van der Waals surface area (Å²) in [6, 6.07) is 12.6. The van der Waals surface area contributed by atoms with Crippen LogP contribution in [0.25, 0.3) is 11.0 Å². The third kappa shape index (κ3) is 2.46. The maximum absolute atomic E-state index is 13.7. The van der Waals surface area contributed by atoms with E-state index in [1.165, 1.54) is 6.07 Å². The summed E-state index contributed by atoms with van der Waals surface area (Å²) in [5, 5.41) is 13.1. The largest absolute Gasteiger partial charge is 0.464 e. The molecule has 1 heterocycles. The van der Waals surface area contributed by atoms with Crippen molar-refractivity contribution >= 4 is 16.7 Å². The second-order valence-corrected chi connectivity index (χ2v) is 4.85. The molecular formula is C17H13FN2O. The zero-order valence-corrected chi connectivity index (χ0v) is 11.5. The molecule has 0 unspecified atom stereocenters. The van der Waals surface area contributed by atoms with E-state index in [-0.39, 0.29) is 5.82 Å². The Morgan fingerprint density at radius 3 is 2.90 bits per heavy atom. The first-order valence-corrected chi connectivity index (χ1v) is 6.58. The number of nitrogens with zero attached hydrogens (tertiary/aromatic N) is 1. The molecular weight excluding hydrogens is 267 g/mol. The molecule has 0 fully saturated rings. The maximum Gasteiger partial charge on any atom is 0.134 e. The molecule has 104 valence electrons. The van der Waals surface area contributed by atoms with Gasteiger partial charge in [-0.05, 0) is 25.1 Å². The van der Waals surface area contributed by atoms with Crippen LogP contribution in [-0.2, 0) is 6.54 Å². The minimum atomic E-state index is -0.381. The number of furan rings is 1. The molecule has 2 aromatic carbocycles. The predicted octanol–water partition coefficient (Wildman–Crippen LogP) is 4.36. The van der Waals surface area contributed by atoms with Gasteiger partial charge in [0.25, 0.3) is 0 Å². The molecule has 21 heavy (non-hydrogen) atoms. The molecule has 0 saturated carbocycles. The van der Waals surface area contributed by atoms with E-state index in [0.717, 1.165) is 16.5 Å². The fraction of sp³-hybridized carbons (Fsp3) is 0.118. The molecule has 3 rings (SSSR count). The van der Waals surface area contributed by atoms with Gasteiger partial charge in [-0.2, -0.15) is 5.26 Å². The Morgan fingerprint density at radius 2 is 2.10 bits per heavy atom. The molecule has 0 amide bonds. The lowest BCUT2D eigenvalue weighted by atomic mass is 10.1. The van der Waals surface area contributed by atoms with Gasteiger partial charge in [-0.25, -0.2) is 4.39 Å². The summed E-state index contributed by atoms with van der Waals surface area (Å²) >= 11 is 0. The molecule has 4 heteroatoms.